The summed E-state index contributed by atoms with van der Waals surface area (Å²) in [6.45, 7) is 10.0. The minimum absolute atomic E-state index is 0. The maximum absolute atomic E-state index is 4.66. The van der Waals surface area contributed by atoms with Crippen molar-refractivity contribution >= 4 is 58.3 Å². The molecule has 0 unspecified atom stereocenters. The van der Waals surface area contributed by atoms with E-state index < -0.39 is 0 Å². The van der Waals surface area contributed by atoms with E-state index in [-0.39, 0.29) is 47.6 Å². The molecule has 76 valence electrons. The van der Waals surface area contributed by atoms with Gasteiger partial charge in [0.25, 0.3) is 0 Å². The number of hydrogen-bond acceptors (Lipinski definition) is 4. The van der Waals surface area contributed by atoms with Crippen molar-refractivity contribution in [3.05, 3.63) is 13.8 Å². The van der Waals surface area contributed by atoms with Crippen molar-refractivity contribution in [3.8, 4) is 0 Å². The monoisotopic (exact) mass is 370 g/mol. The van der Waals surface area contributed by atoms with Gasteiger partial charge in [0.15, 0.2) is 0 Å². The van der Waals surface area contributed by atoms with Crippen LogP contribution < -0.4 is 11.5 Å². The van der Waals surface area contributed by atoms with Gasteiger partial charge in [-0.05, 0) is 0 Å². The molecule has 0 saturated heterocycles. The van der Waals surface area contributed by atoms with E-state index in [1.807, 2.05) is 0 Å². The van der Waals surface area contributed by atoms with Crippen LogP contribution in [0.4, 0.5) is 0 Å². The molecule has 0 saturated carbocycles. The van der Waals surface area contributed by atoms with Crippen LogP contribution in [0.2, 0.25) is 0 Å². The van der Waals surface area contributed by atoms with Gasteiger partial charge < -0.3 is 75.0 Å². The van der Waals surface area contributed by atoms with E-state index in [9.17, 15) is 0 Å². The molecule has 0 aromatic carbocycles. The Labute approximate surface area is 135 Å². The van der Waals surface area contributed by atoms with Gasteiger partial charge in [-0.25, -0.2) is 0 Å². The van der Waals surface area contributed by atoms with Crippen molar-refractivity contribution in [1.82, 2.24) is 0 Å². The summed E-state index contributed by atoms with van der Waals surface area (Å²) < 4.78 is 0.167. The molecule has 0 atom stereocenters. The second-order valence-electron chi connectivity index (χ2n) is 0.638. The summed E-state index contributed by atoms with van der Waals surface area (Å²) in [4.78, 5) is 0. The zero-order valence-corrected chi connectivity index (χ0v) is 17.8. The molecule has 0 radical (unpaired) electrons. The summed E-state index contributed by atoms with van der Waals surface area (Å²) >= 11 is 16.5. The summed E-state index contributed by atoms with van der Waals surface area (Å²) in [6.07, 6.45) is 0. The molecule has 0 fully saturated rings. The van der Waals surface area contributed by atoms with Gasteiger partial charge in [0.2, 0.25) is 0 Å². The van der Waals surface area contributed by atoms with E-state index in [0.29, 0.717) is 0 Å². The molecule has 0 rings (SSSR count). The Hall–Kier alpha value is 1.47. The Balaban J connectivity index is -0.0000000153. The fourth-order valence-corrected chi connectivity index (χ4v) is 0. The predicted molar refractivity (Wildman–Crippen MR) is 70.4 cm³/mol. The molecule has 0 amide bonds. The standard InChI is InChI=1S/2C2H5.2CH3NS2.2Zn/c2*1-2;2*2-1(3)4;;/h2*1H2,2H3;2*(H3,2,3,4);;/q2*-1;;;2*+2/p-2. The van der Waals surface area contributed by atoms with Crippen LogP contribution in [0.25, 0.3) is 0 Å². The van der Waals surface area contributed by atoms with Gasteiger partial charge in [-0.3, -0.25) is 0 Å². The van der Waals surface area contributed by atoms with Gasteiger partial charge in [0.1, 0.15) is 0 Å². The summed E-state index contributed by atoms with van der Waals surface area (Å²) in [6, 6.07) is 0. The molecule has 4 N–H and O–H groups in total. The molecule has 14 heavy (non-hydrogen) atoms. The van der Waals surface area contributed by atoms with Crippen molar-refractivity contribution in [1.29, 1.82) is 0 Å². The van der Waals surface area contributed by atoms with Gasteiger partial charge in [-0.15, -0.1) is 0 Å². The Morgan fingerprint density at radius 2 is 0.857 bits per heavy atom. The Morgan fingerprint density at radius 3 is 0.857 bits per heavy atom. The van der Waals surface area contributed by atoms with Crippen LogP contribution in [0, 0.1) is 13.8 Å². The first-order valence-corrected chi connectivity index (χ1v) is 4.44. The smallest absolute Gasteiger partial charge is 0.415 e. The first kappa shape index (κ1) is 36.1. The molecule has 0 aromatic rings. The minimum Gasteiger partial charge on any atom is -0.415 e. The van der Waals surface area contributed by atoms with Gasteiger partial charge in [-0.1, -0.05) is 8.64 Å². The van der Waals surface area contributed by atoms with Gasteiger partial charge in [-0.2, -0.15) is 13.8 Å². The third-order valence-electron chi connectivity index (χ3n) is 0. The molecular weight excluding hydrogens is 359 g/mol. The van der Waals surface area contributed by atoms with Crippen LogP contribution in [0.3, 0.4) is 0 Å². The molecule has 0 aromatic heterocycles. The normalized spacial score (nSPS) is 4.29. The van der Waals surface area contributed by atoms with E-state index in [1.54, 1.807) is 13.8 Å². The van der Waals surface area contributed by atoms with Crippen LogP contribution in [-0.4, -0.2) is 8.64 Å². The number of nitrogens with two attached hydrogens (primary N) is 2. The number of hydrogen-bond donors (Lipinski definition) is 2. The Morgan fingerprint density at radius 1 is 0.857 bits per heavy atom. The molecule has 0 heterocycles. The summed E-state index contributed by atoms with van der Waals surface area (Å²) in [5, 5.41) is 0. The molecule has 0 spiro atoms. The second-order valence-corrected chi connectivity index (χ2v) is 2.91. The first-order valence-electron chi connectivity index (χ1n) is 2.81. The van der Waals surface area contributed by atoms with Crippen molar-refractivity contribution in [2.24, 2.45) is 11.5 Å². The molecule has 0 aliphatic heterocycles. The van der Waals surface area contributed by atoms with Crippen molar-refractivity contribution in [2.45, 2.75) is 13.8 Å². The zero-order chi connectivity index (χ0) is 11.2. The Bertz CT molecular complexity index is 83.8. The van der Waals surface area contributed by atoms with Gasteiger partial charge in [0, 0.05) is 0 Å². The predicted octanol–water partition coefficient (Wildman–Crippen LogP) is 1.23. The molecule has 0 aliphatic rings. The number of thiocarbonyl (C=S) groups is 2. The van der Waals surface area contributed by atoms with Crippen LogP contribution >= 0.6 is 24.4 Å². The SMILES string of the molecule is NC(=S)[S-].NC(=S)[S-].[CH2-]C.[CH2-]C.[Zn+2].[Zn+2]. The van der Waals surface area contributed by atoms with E-state index >= 15 is 0 Å². The molecular formula is C6H14N2S4Zn2. The molecule has 8 heteroatoms. The van der Waals surface area contributed by atoms with Gasteiger partial charge >= 0.3 is 39.0 Å². The molecule has 0 bridgehead atoms. The van der Waals surface area contributed by atoms with E-state index in [4.69, 9.17) is 0 Å². The maximum atomic E-state index is 4.66. The number of rotatable bonds is 0. The third kappa shape index (κ3) is 973. The van der Waals surface area contributed by atoms with Crippen molar-refractivity contribution in [3.63, 3.8) is 0 Å². The summed E-state index contributed by atoms with van der Waals surface area (Å²) in [5.41, 5.74) is 9.31. The minimum atomic E-state index is 0. The largest absolute Gasteiger partial charge is 2.00 e. The first-order chi connectivity index (χ1) is 5.46. The van der Waals surface area contributed by atoms with Crippen LogP contribution in [0.1, 0.15) is 13.8 Å². The van der Waals surface area contributed by atoms with E-state index in [0.717, 1.165) is 0 Å². The summed E-state index contributed by atoms with van der Waals surface area (Å²) in [5.74, 6) is 0. The van der Waals surface area contributed by atoms with Gasteiger partial charge in [0.05, 0.1) is 0 Å². The topological polar surface area (TPSA) is 52.0 Å². The van der Waals surface area contributed by atoms with Crippen molar-refractivity contribution < 1.29 is 39.0 Å². The zero-order valence-electron chi connectivity index (χ0n) is 8.62. The van der Waals surface area contributed by atoms with E-state index in [2.05, 4.69) is 75.0 Å². The molecule has 0 aliphatic carbocycles. The third-order valence-corrected chi connectivity index (χ3v) is 0. The van der Waals surface area contributed by atoms with Crippen LogP contribution in [0.15, 0.2) is 0 Å². The summed E-state index contributed by atoms with van der Waals surface area (Å²) in [7, 11) is 0. The average Bonchev–Trinajstić information content (AvgIpc) is 1.93. The van der Waals surface area contributed by atoms with Crippen LogP contribution in [-0.2, 0) is 64.2 Å². The fourth-order valence-electron chi connectivity index (χ4n) is 0. The van der Waals surface area contributed by atoms with Crippen molar-refractivity contribution in [2.75, 3.05) is 0 Å². The van der Waals surface area contributed by atoms with Crippen LogP contribution in [0.5, 0.6) is 0 Å². The average molecular weight is 373 g/mol. The fraction of sp³-hybridized carbons (Fsp3) is 0.333. The quantitative estimate of drug-likeness (QED) is 0.288. The van der Waals surface area contributed by atoms with E-state index in [1.165, 1.54) is 0 Å². The maximum Gasteiger partial charge on any atom is 2.00 e. The Kier molecular flexibility index (Phi) is 121. The second kappa shape index (κ2) is 47.1. The molecule has 2 nitrogen and oxygen atoms in total.